The van der Waals surface area contributed by atoms with Crippen LogP contribution in [-0.2, 0) is 16.1 Å². The van der Waals surface area contributed by atoms with Gasteiger partial charge in [-0.3, -0.25) is 14.6 Å². The molecule has 0 aliphatic carbocycles. The number of aryl methyl sites for hydroxylation is 1. The van der Waals surface area contributed by atoms with Gasteiger partial charge in [0.2, 0.25) is 0 Å². The van der Waals surface area contributed by atoms with Crippen molar-refractivity contribution >= 4 is 17.4 Å². The standard InChI is InChI=1S/C27H26N2O4/c1-3-14-33-22-8-4-7-21(15-22)24-23(25(30)20-11-9-18(2)10-12-20)26(31)27(32)29(24)17-19-6-5-13-28-16-19/h4-13,15-16,24,30H,3,14,17H2,1-2H3. The molecule has 2 aromatic carbocycles. The van der Waals surface area contributed by atoms with Gasteiger partial charge in [0.15, 0.2) is 0 Å². The van der Waals surface area contributed by atoms with E-state index in [2.05, 4.69) is 4.98 Å². The summed E-state index contributed by atoms with van der Waals surface area (Å²) >= 11 is 0. The Morgan fingerprint density at radius 1 is 1.09 bits per heavy atom. The highest BCUT2D eigenvalue weighted by Crippen LogP contribution is 2.41. The van der Waals surface area contributed by atoms with Crippen molar-refractivity contribution in [2.75, 3.05) is 6.61 Å². The Balaban J connectivity index is 1.84. The molecule has 0 saturated carbocycles. The second-order valence-electron chi connectivity index (χ2n) is 8.08. The lowest BCUT2D eigenvalue weighted by atomic mass is 9.94. The highest BCUT2D eigenvalue weighted by molar-refractivity contribution is 6.46. The Morgan fingerprint density at radius 2 is 1.88 bits per heavy atom. The van der Waals surface area contributed by atoms with E-state index in [9.17, 15) is 14.7 Å². The Morgan fingerprint density at radius 3 is 2.58 bits per heavy atom. The number of aliphatic hydroxyl groups is 1. The number of benzene rings is 2. The molecule has 6 heteroatoms. The van der Waals surface area contributed by atoms with Crippen LogP contribution in [0.1, 0.15) is 41.6 Å². The maximum absolute atomic E-state index is 13.2. The lowest BCUT2D eigenvalue weighted by Crippen LogP contribution is -2.29. The Kier molecular flexibility index (Phi) is 6.54. The van der Waals surface area contributed by atoms with Crippen molar-refractivity contribution in [3.8, 4) is 5.75 Å². The zero-order valence-electron chi connectivity index (χ0n) is 18.7. The molecule has 6 nitrogen and oxygen atoms in total. The van der Waals surface area contributed by atoms with Gasteiger partial charge in [-0.25, -0.2) is 0 Å². The number of hydrogen-bond acceptors (Lipinski definition) is 5. The van der Waals surface area contributed by atoms with Crippen LogP contribution in [0.15, 0.2) is 78.6 Å². The first-order chi connectivity index (χ1) is 16.0. The molecule has 0 radical (unpaired) electrons. The molecule has 1 aliphatic heterocycles. The number of hydrogen-bond donors (Lipinski definition) is 1. The molecule has 1 amide bonds. The van der Waals surface area contributed by atoms with E-state index >= 15 is 0 Å². The van der Waals surface area contributed by atoms with Crippen LogP contribution in [0.3, 0.4) is 0 Å². The van der Waals surface area contributed by atoms with Crippen molar-refractivity contribution in [2.24, 2.45) is 0 Å². The third-order valence-corrected chi connectivity index (χ3v) is 5.59. The lowest BCUT2D eigenvalue weighted by molar-refractivity contribution is -0.140. The van der Waals surface area contributed by atoms with E-state index in [-0.39, 0.29) is 17.9 Å². The number of nitrogens with zero attached hydrogens (tertiary/aromatic N) is 2. The van der Waals surface area contributed by atoms with Crippen molar-refractivity contribution in [3.05, 3.63) is 101 Å². The molecule has 3 aromatic rings. The van der Waals surface area contributed by atoms with Crippen LogP contribution in [0, 0.1) is 6.92 Å². The fraction of sp³-hybridized carbons (Fsp3) is 0.222. The van der Waals surface area contributed by atoms with Gasteiger partial charge in [-0.2, -0.15) is 0 Å². The molecule has 168 valence electrons. The van der Waals surface area contributed by atoms with E-state index < -0.39 is 17.7 Å². The van der Waals surface area contributed by atoms with Gasteiger partial charge in [0.1, 0.15) is 11.5 Å². The molecule has 2 heterocycles. The summed E-state index contributed by atoms with van der Waals surface area (Å²) in [6.45, 7) is 4.71. The van der Waals surface area contributed by atoms with Crippen LogP contribution in [-0.4, -0.2) is 33.3 Å². The molecule has 1 saturated heterocycles. The maximum Gasteiger partial charge on any atom is 0.295 e. The van der Waals surface area contributed by atoms with Crippen molar-refractivity contribution in [2.45, 2.75) is 32.9 Å². The number of ether oxygens (including phenoxy) is 1. The van der Waals surface area contributed by atoms with Crippen LogP contribution in [0.25, 0.3) is 5.76 Å². The first-order valence-corrected chi connectivity index (χ1v) is 11.0. The Hall–Kier alpha value is -3.93. The zero-order valence-corrected chi connectivity index (χ0v) is 18.7. The maximum atomic E-state index is 13.2. The normalized spacial score (nSPS) is 17.4. The number of Topliss-reactive ketones (excluding diaryl/α,β-unsaturated/α-hetero) is 1. The van der Waals surface area contributed by atoms with Gasteiger partial charge in [-0.1, -0.05) is 55.0 Å². The number of carbonyl (C=O) groups excluding carboxylic acids is 2. The molecule has 4 rings (SSSR count). The summed E-state index contributed by atoms with van der Waals surface area (Å²) < 4.78 is 5.78. The molecule has 33 heavy (non-hydrogen) atoms. The van der Waals surface area contributed by atoms with E-state index in [4.69, 9.17) is 4.74 Å². The summed E-state index contributed by atoms with van der Waals surface area (Å²) in [5.41, 5.74) is 3.07. The van der Waals surface area contributed by atoms with E-state index in [1.165, 1.54) is 4.90 Å². The van der Waals surface area contributed by atoms with E-state index in [0.717, 1.165) is 17.5 Å². The topological polar surface area (TPSA) is 79.7 Å². The fourth-order valence-electron chi connectivity index (χ4n) is 3.94. The minimum atomic E-state index is -0.753. The summed E-state index contributed by atoms with van der Waals surface area (Å²) in [4.78, 5) is 31.9. The van der Waals surface area contributed by atoms with Crippen LogP contribution >= 0.6 is 0 Å². The summed E-state index contributed by atoms with van der Waals surface area (Å²) in [5, 5.41) is 11.2. The molecule has 0 bridgehead atoms. The number of pyridine rings is 1. The van der Waals surface area contributed by atoms with E-state index in [1.807, 2.05) is 56.3 Å². The number of aliphatic hydroxyl groups excluding tert-OH is 1. The molecule has 1 unspecified atom stereocenters. The van der Waals surface area contributed by atoms with Gasteiger partial charge < -0.3 is 14.7 Å². The van der Waals surface area contributed by atoms with Crippen LogP contribution in [0.4, 0.5) is 0 Å². The quantitative estimate of drug-likeness (QED) is 0.323. The largest absolute Gasteiger partial charge is 0.507 e. The monoisotopic (exact) mass is 442 g/mol. The molecule has 1 N–H and O–H groups in total. The third-order valence-electron chi connectivity index (χ3n) is 5.59. The Bertz CT molecular complexity index is 1190. The minimum Gasteiger partial charge on any atom is -0.507 e. The fourth-order valence-corrected chi connectivity index (χ4v) is 3.94. The molecular formula is C27H26N2O4. The van der Waals surface area contributed by atoms with Crippen molar-refractivity contribution in [3.63, 3.8) is 0 Å². The van der Waals surface area contributed by atoms with Gasteiger partial charge in [0.05, 0.1) is 18.2 Å². The predicted molar refractivity (Wildman–Crippen MR) is 125 cm³/mol. The number of likely N-dealkylation sites (tertiary alicyclic amines) is 1. The smallest absolute Gasteiger partial charge is 0.295 e. The van der Waals surface area contributed by atoms with Gasteiger partial charge in [0, 0.05) is 24.5 Å². The third kappa shape index (κ3) is 4.65. The molecule has 1 fully saturated rings. The molecule has 1 aliphatic rings. The van der Waals surface area contributed by atoms with Crippen molar-refractivity contribution < 1.29 is 19.4 Å². The summed E-state index contributed by atoms with van der Waals surface area (Å²) in [5.74, 6) is -0.900. The lowest BCUT2D eigenvalue weighted by Gasteiger charge is -2.25. The summed E-state index contributed by atoms with van der Waals surface area (Å²) in [6, 6.07) is 17.4. The number of rotatable bonds is 7. The van der Waals surface area contributed by atoms with Gasteiger partial charge in [0.25, 0.3) is 11.7 Å². The predicted octanol–water partition coefficient (Wildman–Crippen LogP) is 4.80. The summed E-state index contributed by atoms with van der Waals surface area (Å²) in [6.07, 6.45) is 4.18. The Labute approximate surface area is 193 Å². The average molecular weight is 443 g/mol. The average Bonchev–Trinajstić information content (AvgIpc) is 3.08. The second-order valence-corrected chi connectivity index (χ2v) is 8.08. The summed E-state index contributed by atoms with van der Waals surface area (Å²) in [7, 11) is 0. The van der Waals surface area contributed by atoms with Crippen LogP contribution in [0.5, 0.6) is 5.75 Å². The van der Waals surface area contributed by atoms with Crippen LogP contribution < -0.4 is 4.74 Å². The minimum absolute atomic E-state index is 0.0698. The number of amides is 1. The second kappa shape index (κ2) is 9.69. The SMILES string of the molecule is CCCOc1cccc(C2C(=C(O)c3ccc(C)cc3)C(=O)C(=O)N2Cc2cccnc2)c1. The number of aromatic nitrogens is 1. The zero-order chi connectivity index (χ0) is 23.4. The van der Waals surface area contributed by atoms with Crippen LogP contribution in [0.2, 0.25) is 0 Å². The number of carbonyl (C=O) groups is 2. The van der Waals surface area contributed by atoms with E-state index in [0.29, 0.717) is 23.5 Å². The molecular weight excluding hydrogens is 416 g/mol. The highest BCUT2D eigenvalue weighted by atomic mass is 16.5. The highest BCUT2D eigenvalue weighted by Gasteiger charge is 2.46. The van der Waals surface area contributed by atoms with E-state index in [1.54, 1.807) is 30.6 Å². The number of ketones is 1. The first-order valence-electron chi connectivity index (χ1n) is 11.0. The van der Waals surface area contributed by atoms with Gasteiger partial charge in [-0.15, -0.1) is 0 Å². The van der Waals surface area contributed by atoms with Crippen molar-refractivity contribution in [1.82, 2.24) is 9.88 Å². The van der Waals surface area contributed by atoms with Crippen molar-refractivity contribution in [1.29, 1.82) is 0 Å². The van der Waals surface area contributed by atoms with Gasteiger partial charge >= 0.3 is 0 Å². The molecule has 1 atom stereocenters. The molecule has 0 spiro atoms. The van der Waals surface area contributed by atoms with Gasteiger partial charge in [-0.05, 0) is 42.7 Å². The molecule has 1 aromatic heterocycles. The first kappa shape index (κ1) is 22.3.